The smallest absolute Gasteiger partial charge is 0.270 e. The summed E-state index contributed by atoms with van der Waals surface area (Å²) >= 11 is 0. The molecule has 2 saturated carbocycles. The van der Waals surface area contributed by atoms with Crippen molar-refractivity contribution in [3.8, 4) is 0 Å². The molecule has 2 fully saturated rings. The van der Waals surface area contributed by atoms with Crippen molar-refractivity contribution in [2.24, 2.45) is 17.8 Å². The number of carbonyl (C=O) groups excluding carboxylic acids is 1. The van der Waals surface area contributed by atoms with Gasteiger partial charge in [0, 0.05) is 18.4 Å². The van der Waals surface area contributed by atoms with Gasteiger partial charge in [0.05, 0.1) is 0 Å². The minimum absolute atomic E-state index is 0.105. The number of nitrogens with one attached hydrogen (secondary N) is 1. The van der Waals surface area contributed by atoms with E-state index < -0.39 is 0 Å². The quantitative estimate of drug-likeness (QED) is 0.945. The van der Waals surface area contributed by atoms with E-state index in [0.717, 1.165) is 11.8 Å². The molecule has 2 bridgehead atoms. The van der Waals surface area contributed by atoms with Crippen molar-refractivity contribution in [3.05, 3.63) is 46.5 Å². The Hall–Kier alpha value is -2.17. The van der Waals surface area contributed by atoms with Gasteiger partial charge in [0.1, 0.15) is 11.2 Å². The Balaban J connectivity index is 1.55. The predicted octanol–water partition coefficient (Wildman–Crippen LogP) is 2.25. The van der Waals surface area contributed by atoms with Crippen LogP contribution < -0.4 is 10.9 Å². The van der Waals surface area contributed by atoms with Gasteiger partial charge in [-0.25, -0.2) is 4.98 Å². The van der Waals surface area contributed by atoms with Crippen LogP contribution in [0.3, 0.4) is 0 Å². The third kappa shape index (κ3) is 2.44. The van der Waals surface area contributed by atoms with Gasteiger partial charge in [-0.3, -0.25) is 14.0 Å². The Bertz CT molecular complexity index is 813. The van der Waals surface area contributed by atoms with E-state index in [1.54, 1.807) is 18.3 Å². The highest BCUT2D eigenvalue weighted by Crippen LogP contribution is 2.49. The molecule has 0 spiro atoms. The monoisotopic (exact) mass is 311 g/mol. The topological polar surface area (TPSA) is 63.5 Å². The number of hydrogen-bond donors (Lipinski definition) is 1. The van der Waals surface area contributed by atoms with Crippen LogP contribution in [0.2, 0.25) is 0 Å². The average Bonchev–Trinajstić information content (AvgIpc) is 3.18. The normalized spacial score (nSPS) is 27.3. The third-order valence-corrected chi connectivity index (χ3v) is 5.65. The van der Waals surface area contributed by atoms with Crippen LogP contribution >= 0.6 is 0 Å². The van der Waals surface area contributed by atoms with Crippen molar-refractivity contribution in [1.82, 2.24) is 14.7 Å². The van der Waals surface area contributed by atoms with Crippen molar-refractivity contribution in [2.45, 2.75) is 38.6 Å². The maximum absolute atomic E-state index is 12.5. The number of pyridine rings is 1. The first-order valence-electron chi connectivity index (χ1n) is 8.40. The second-order valence-electron chi connectivity index (χ2n) is 7.01. The first-order chi connectivity index (χ1) is 11.1. The van der Waals surface area contributed by atoms with Gasteiger partial charge in [-0.05, 0) is 56.1 Å². The molecule has 5 heteroatoms. The van der Waals surface area contributed by atoms with E-state index in [0.29, 0.717) is 11.6 Å². The summed E-state index contributed by atoms with van der Waals surface area (Å²) in [7, 11) is 0. The molecule has 2 aliphatic rings. The van der Waals surface area contributed by atoms with E-state index in [1.807, 2.05) is 6.07 Å². The Morgan fingerprint density at radius 3 is 2.96 bits per heavy atom. The van der Waals surface area contributed by atoms with Crippen LogP contribution in [0.5, 0.6) is 0 Å². The maximum atomic E-state index is 12.5. The molecule has 0 radical (unpaired) electrons. The highest BCUT2D eigenvalue weighted by Gasteiger charge is 2.42. The number of amides is 1. The number of carbonyl (C=O) groups is 1. The van der Waals surface area contributed by atoms with Gasteiger partial charge >= 0.3 is 0 Å². The first-order valence-corrected chi connectivity index (χ1v) is 8.40. The minimum Gasteiger partial charge on any atom is -0.349 e. The second-order valence-corrected chi connectivity index (χ2v) is 7.01. The summed E-state index contributed by atoms with van der Waals surface area (Å²) in [5, 5.41) is 3.04. The van der Waals surface area contributed by atoms with Crippen molar-refractivity contribution in [1.29, 1.82) is 0 Å². The fourth-order valence-electron chi connectivity index (χ4n) is 4.48. The number of hydrogen-bond acceptors (Lipinski definition) is 3. The molecule has 5 nitrogen and oxygen atoms in total. The standard InChI is InChI=1S/C18H21N3O2/c1-11(14-9-12-5-6-13(14)8-12)20-17(22)15-10-19-16-4-2-3-7-21(16)18(15)23/h2-4,7,10-14H,5-6,8-9H2,1H3,(H,20,22). The number of nitrogens with zero attached hydrogens (tertiary/aromatic N) is 2. The molecule has 4 rings (SSSR count). The number of aromatic nitrogens is 2. The molecule has 2 heterocycles. The Morgan fingerprint density at radius 1 is 1.35 bits per heavy atom. The Kier molecular flexibility index (Phi) is 3.43. The minimum atomic E-state index is -0.312. The summed E-state index contributed by atoms with van der Waals surface area (Å²) in [6.07, 6.45) is 8.18. The zero-order valence-electron chi connectivity index (χ0n) is 13.2. The van der Waals surface area contributed by atoms with Crippen molar-refractivity contribution in [2.75, 3.05) is 0 Å². The summed E-state index contributed by atoms with van der Waals surface area (Å²) < 4.78 is 1.41. The van der Waals surface area contributed by atoms with Crippen molar-refractivity contribution >= 4 is 11.6 Å². The predicted molar refractivity (Wildman–Crippen MR) is 87.3 cm³/mol. The Morgan fingerprint density at radius 2 is 2.22 bits per heavy atom. The van der Waals surface area contributed by atoms with Crippen molar-refractivity contribution in [3.63, 3.8) is 0 Å². The molecule has 2 aliphatic carbocycles. The summed E-state index contributed by atoms with van der Waals surface area (Å²) in [5.41, 5.74) is 0.354. The molecule has 0 aromatic carbocycles. The van der Waals surface area contributed by atoms with Crippen LogP contribution in [0, 0.1) is 17.8 Å². The van der Waals surface area contributed by atoms with E-state index in [2.05, 4.69) is 17.2 Å². The molecule has 1 amide bonds. The lowest BCUT2D eigenvalue weighted by Gasteiger charge is -2.28. The SMILES string of the molecule is CC(NC(=O)c1cnc2ccccn2c1=O)C1CC2CCC1C2. The maximum Gasteiger partial charge on any atom is 0.270 e. The summed E-state index contributed by atoms with van der Waals surface area (Å²) in [6, 6.07) is 5.43. The molecule has 0 saturated heterocycles. The number of fused-ring (bicyclic) bond motifs is 3. The number of rotatable bonds is 3. The van der Waals surface area contributed by atoms with E-state index >= 15 is 0 Å². The molecular formula is C18H21N3O2. The molecule has 4 atom stereocenters. The van der Waals surface area contributed by atoms with E-state index in [-0.39, 0.29) is 23.1 Å². The van der Waals surface area contributed by atoms with Crippen LogP contribution in [0.25, 0.3) is 5.65 Å². The lowest BCUT2D eigenvalue weighted by Crippen LogP contribution is -2.42. The fourth-order valence-corrected chi connectivity index (χ4v) is 4.48. The van der Waals surface area contributed by atoms with Gasteiger partial charge in [-0.2, -0.15) is 0 Å². The fraction of sp³-hybridized carbons (Fsp3) is 0.500. The zero-order chi connectivity index (χ0) is 16.0. The highest BCUT2D eigenvalue weighted by molar-refractivity contribution is 5.93. The van der Waals surface area contributed by atoms with Crippen LogP contribution in [0.15, 0.2) is 35.4 Å². The lowest BCUT2D eigenvalue weighted by molar-refractivity contribution is 0.0913. The van der Waals surface area contributed by atoms with E-state index in [9.17, 15) is 9.59 Å². The van der Waals surface area contributed by atoms with Crippen LogP contribution in [0.1, 0.15) is 43.0 Å². The summed E-state index contributed by atoms with van der Waals surface area (Å²) in [5.74, 6) is 1.83. The summed E-state index contributed by atoms with van der Waals surface area (Å²) in [6.45, 7) is 2.06. The largest absolute Gasteiger partial charge is 0.349 e. The van der Waals surface area contributed by atoms with E-state index in [1.165, 1.54) is 36.3 Å². The van der Waals surface area contributed by atoms with Gasteiger partial charge in [-0.1, -0.05) is 12.5 Å². The van der Waals surface area contributed by atoms with Gasteiger partial charge in [0.25, 0.3) is 11.5 Å². The van der Waals surface area contributed by atoms with Crippen LogP contribution in [-0.2, 0) is 0 Å². The van der Waals surface area contributed by atoms with Crippen molar-refractivity contribution < 1.29 is 4.79 Å². The third-order valence-electron chi connectivity index (χ3n) is 5.65. The first kappa shape index (κ1) is 14.4. The Labute approximate surface area is 134 Å². The highest BCUT2D eigenvalue weighted by atomic mass is 16.2. The van der Waals surface area contributed by atoms with Gasteiger partial charge < -0.3 is 5.32 Å². The average molecular weight is 311 g/mol. The molecule has 120 valence electrons. The van der Waals surface area contributed by atoms with Crippen LogP contribution in [0.4, 0.5) is 0 Å². The molecular weight excluding hydrogens is 290 g/mol. The second kappa shape index (κ2) is 5.48. The van der Waals surface area contributed by atoms with E-state index in [4.69, 9.17) is 0 Å². The lowest BCUT2D eigenvalue weighted by atomic mass is 9.84. The van der Waals surface area contributed by atoms with Gasteiger partial charge in [-0.15, -0.1) is 0 Å². The molecule has 2 aromatic heterocycles. The zero-order valence-corrected chi connectivity index (χ0v) is 13.2. The molecule has 23 heavy (non-hydrogen) atoms. The van der Waals surface area contributed by atoms with Crippen LogP contribution in [-0.4, -0.2) is 21.3 Å². The summed E-state index contributed by atoms with van der Waals surface area (Å²) in [4.78, 5) is 29.2. The molecule has 4 unspecified atom stereocenters. The molecule has 0 aliphatic heterocycles. The molecule has 1 N–H and O–H groups in total. The van der Waals surface area contributed by atoms with Gasteiger partial charge in [0.2, 0.25) is 0 Å². The molecule has 2 aromatic rings. The van der Waals surface area contributed by atoms with Gasteiger partial charge in [0.15, 0.2) is 0 Å².